The number of rotatable bonds is 11. The Morgan fingerprint density at radius 1 is 0.591 bits per heavy atom. The molecule has 0 radical (unpaired) electrons. The van der Waals surface area contributed by atoms with E-state index in [1.165, 1.54) is 24.3 Å². The number of amides is 2. The molecule has 0 spiro atoms. The summed E-state index contributed by atoms with van der Waals surface area (Å²) in [5, 5.41) is 6.35. The van der Waals surface area contributed by atoms with E-state index in [4.69, 9.17) is 0 Å². The van der Waals surface area contributed by atoms with Crippen molar-refractivity contribution in [2.75, 3.05) is 0 Å². The lowest BCUT2D eigenvalue weighted by molar-refractivity contribution is -0.461. The molecule has 0 fully saturated rings. The van der Waals surface area contributed by atoms with Gasteiger partial charge in [0.25, 0.3) is 11.8 Å². The third kappa shape index (κ3) is 4.81. The van der Waals surface area contributed by atoms with E-state index in [1.807, 2.05) is 0 Å². The molecule has 0 atom stereocenters. The Labute approximate surface area is 231 Å². The number of nitrogens with zero attached hydrogens (tertiary/aromatic N) is 4. The third-order valence-corrected chi connectivity index (χ3v) is 6.23. The van der Waals surface area contributed by atoms with Crippen molar-refractivity contribution < 1.29 is 84.2 Å². The number of carbonyl (C=O) groups excluding carboxylic acids is 2. The number of hydrogen-bond acceptors (Lipinski definition) is 4. The molecule has 1 aliphatic heterocycles. The Balaban J connectivity index is 1.81. The average molecular weight is 674 g/mol. The number of carbonyl (C=O) groups is 2. The second-order valence-corrected chi connectivity index (χ2v) is 9.11. The van der Waals surface area contributed by atoms with Gasteiger partial charge in [-0.3, -0.25) is 19.2 Å². The molecular formula is C21H11F17N4O2. The predicted octanol–water partition coefficient (Wildman–Crippen LogP) is 6.47. The van der Waals surface area contributed by atoms with Crippen molar-refractivity contribution in [3.63, 3.8) is 0 Å². The highest BCUT2D eigenvalue weighted by Gasteiger charge is 2.95. The van der Waals surface area contributed by atoms with E-state index >= 15 is 0 Å². The summed E-state index contributed by atoms with van der Waals surface area (Å²) in [5.74, 6) is -58.7. The molecule has 2 amide bonds. The quantitative estimate of drug-likeness (QED) is 0.203. The van der Waals surface area contributed by atoms with Gasteiger partial charge in [0.15, 0.2) is 0 Å². The summed E-state index contributed by atoms with van der Waals surface area (Å²) in [5.41, 5.74) is -0.552. The topological polar surface area (TPSA) is 68.1 Å². The summed E-state index contributed by atoms with van der Waals surface area (Å²) < 4.78 is 228. The molecule has 0 aliphatic carbocycles. The maximum Gasteiger partial charge on any atom is 0.460 e. The van der Waals surface area contributed by atoms with Gasteiger partial charge in [0.05, 0.1) is 23.9 Å². The summed E-state index contributed by atoms with van der Waals surface area (Å²) in [6.07, 6.45) is -10.0. The van der Waals surface area contributed by atoms with E-state index in [2.05, 4.69) is 10.3 Å². The Kier molecular flexibility index (Phi) is 8.04. The van der Waals surface area contributed by atoms with Crippen molar-refractivity contribution in [3.05, 3.63) is 47.3 Å². The van der Waals surface area contributed by atoms with Gasteiger partial charge in [-0.1, -0.05) is 17.3 Å². The molecule has 23 heteroatoms. The maximum absolute atomic E-state index is 14.1. The van der Waals surface area contributed by atoms with E-state index in [-0.39, 0.29) is 15.8 Å². The van der Waals surface area contributed by atoms with Crippen LogP contribution >= 0.6 is 0 Å². The van der Waals surface area contributed by atoms with Crippen LogP contribution in [0.1, 0.15) is 32.8 Å². The van der Waals surface area contributed by atoms with Crippen LogP contribution in [0.25, 0.3) is 0 Å². The molecule has 0 N–H and O–H groups in total. The number of benzene rings is 1. The van der Waals surface area contributed by atoms with Crippen molar-refractivity contribution in [1.29, 1.82) is 0 Å². The van der Waals surface area contributed by atoms with Gasteiger partial charge in [-0.15, -0.1) is 5.10 Å². The first-order valence-corrected chi connectivity index (χ1v) is 11.2. The van der Waals surface area contributed by atoms with Gasteiger partial charge in [-0.05, 0) is 12.1 Å². The molecule has 0 unspecified atom stereocenters. The molecule has 44 heavy (non-hydrogen) atoms. The lowest BCUT2D eigenvalue weighted by Crippen LogP contribution is -2.74. The molecular weight excluding hydrogens is 663 g/mol. The fourth-order valence-electron chi connectivity index (χ4n) is 3.67. The van der Waals surface area contributed by atoms with Crippen molar-refractivity contribution in [2.24, 2.45) is 0 Å². The van der Waals surface area contributed by atoms with Crippen molar-refractivity contribution in [2.45, 2.75) is 67.1 Å². The highest BCUT2D eigenvalue weighted by Crippen LogP contribution is 2.64. The molecule has 1 aromatic carbocycles. The van der Waals surface area contributed by atoms with Gasteiger partial charge in [-0.2, -0.15) is 74.6 Å². The first kappa shape index (κ1) is 34.8. The average Bonchev–Trinajstić information content (AvgIpc) is 3.44. The van der Waals surface area contributed by atoms with Crippen LogP contribution in [0.2, 0.25) is 0 Å². The summed E-state index contributed by atoms with van der Waals surface area (Å²) in [7, 11) is 0. The highest BCUT2D eigenvalue weighted by atomic mass is 19.4. The fourth-order valence-corrected chi connectivity index (χ4v) is 3.67. The third-order valence-electron chi connectivity index (χ3n) is 6.23. The zero-order valence-corrected chi connectivity index (χ0v) is 20.5. The molecule has 1 aliphatic rings. The predicted molar refractivity (Wildman–Crippen MR) is 106 cm³/mol. The second kappa shape index (κ2) is 10.2. The van der Waals surface area contributed by atoms with Gasteiger partial charge in [-0.25, -0.2) is 0 Å². The van der Waals surface area contributed by atoms with Crippen LogP contribution in [0, 0.1) is 0 Å². The smallest absolute Gasteiger partial charge is 0.269 e. The lowest BCUT2D eigenvalue weighted by Gasteiger charge is -2.42. The highest BCUT2D eigenvalue weighted by molar-refractivity contribution is 6.21. The summed E-state index contributed by atoms with van der Waals surface area (Å²) in [6, 6.07) is 5.30. The number of fused-ring (bicyclic) bond motifs is 1. The maximum atomic E-state index is 14.1. The van der Waals surface area contributed by atoms with E-state index in [0.29, 0.717) is 11.1 Å². The number of aromatic nitrogens is 3. The van der Waals surface area contributed by atoms with Crippen LogP contribution < -0.4 is 0 Å². The van der Waals surface area contributed by atoms with E-state index in [9.17, 15) is 84.2 Å². The normalized spacial score (nSPS) is 16.2. The first-order chi connectivity index (χ1) is 19.6. The minimum absolute atomic E-state index is 0.0602. The zero-order chi connectivity index (χ0) is 34.1. The van der Waals surface area contributed by atoms with Crippen LogP contribution in [0.5, 0.6) is 0 Å². The standard InChI is InChI=1S/C21H11F17N4O2/c22-14(23,5-6-41-7-9(39-40-41)8-42-12(43)10-3-1-2-4-11(10)13(42)44)15(24,25)16(26,27)17(28,29)18(30,31)19(32,33)20(34,35)21(36,37)38/h1-4,7H,5-6,8H2. The SMILES string of the molecule is O=C1c2ccccc2C(=O)N1Cc1cn(CCC(F)(F)C(F)(F)C(F)(F)C(F)(F)C(F)(F)C(F)(F)C(F)(F)C(F)(F)F)nn1. The Bertz CT molecular complexity index is 1400. The Morgan fingerprint density at radius 2 is 1.00 bits per heavy atom. The van der Waals surface area contributed by atoms with Gasteiger partial charge in [0.1, 0.15) is 5.69 Å². The molecule has 3 rings (SSSR count). The Morgan fingerprint density at radius 3 is 1.43 bits per heavy atom. The van der Waals surface area contributed by atoms with Gasteiger partial charge >= 0.3 is 47.6 Å². The molecule has 0 saturated carbocycles. The monoisotopic (exact) mass is 674 g/mol. The van der Waals surface area contributed by atoms with Crippen molar-refractivity contribution >= 4 is 11.8 Å². The molecule has 2 heterocycles. The second-order valence-electron chi connectivity index (χ2n) is 9.11. The van der Waals surface area contributed by atoms with E-state index in [0.717, 1.165) is 0 Å². The van der Waals surface area contributed by atoms with Gasteiger partial charge in [0.2, 0.25) is 0 Å². The zero-order valence-electron chi connectivity index (χ0n) is 20.5. The van der Waals surface area contributed by atoms with E-state index < -0.39 is 84.7 Å². The fraction of sp³-hybridized carbons (Fsp3) is 0.524. The molecule has 0 saturated heterocycles. The lowest BCUT2D eigenvalue weighted by atomic mass is 9.88. The van der Waals surface area contributed by atoms with Crippen LogP contribution in [-0.4, -0.2) is 79.3 Å². The molecule has 6 nitrogen and oxygen atoms in total. The molecule has 0 bridgehead atoms. The minimum Gasteiger partial charge on any atom is -0.269 e. The number of alkyl halides is 17. The molecule has 246 valence electrons. The largest absolute Gasteiger partial charge is 0.460 e. The van der Waals surface area contributed by atoms with Crippen LogP contribution in [0.4, 0.5) is 74.6 Å². The van der Waals surface area contributed by atoms with E-state index in [1.54, 1.807) is 0 Å². The summed E-state index contributed by atoms with van der Waals surface area (Å²) in [4.78, 5) is 25.2. The summed E-state index contributed by atoms with van der Waals surface area (Å²) in [6.45, 7) is -2.44. The summed E-state index contributed by atoms with van der Waals surface area (Å²) >= 11 is 0. The van der Waals surface area contributed by atoms with Crippen molar-refractivity contribution in [3.8, 4) is 0 Å². The van der Waals surface area contributed by atoms with Gasteiger partial charge in [0, 0.05) is 13.0 Å². The number of aryl methyl sites for hydroxylation is 1. The van der Waals surface area contributed by atoms with Crippen LogP contribution in [-0.2, 0) is 13.1 Å². The first-order valence-electron chi connectivity index (χ1n) is 11.2. The van der Waals surface area contributed by atoms with Crippen molar-refractivity contribution in [1.82, 2.24) is 19.9 Å². The van der Waals surface area contributed by atoms with Crippen LogP contribution in [0.3, 0.4) is 0 Å². The number of hydrogen-bond donors (Lipinski definition) is 0. The number of halogens is 17. The minimum atomic E-state index is -8.70. The van der Waals surface area contributed by atoms with Gasteiger partial charge < -0.3 is 0 Å². The van der Waals surface area contributed by atoms with Crippen LogP contribution in [0.15, 0.2) is 30.5 Å². The Hall–Kier alpha value is -3.69. The molecule has 2 aromatic rings. The number of imide groups is 1. The molecule has 1 aromatic heterocycles.